The van der Waals surface area contributed by atoms with Gasteiger partial charge in [-0.05, 0) is 43.7 Å². The lowest BCUT2D eigenvalue weighted by atomic mass is 9.94. The number of amides is 1. The molecule has 1 atom stereocenters. The number of aliphatic hydroxyl groups is 1. The average Bonchev–Trinajstić information content (AvgIpc) is 3.06. The Morgan fingerprint density at radius 3 is 2.50 bits per heavy atom. The van der Waals surface area contributed by atoms with E-state index < -0.39 is 17.7 Å². The van der Waals surface area contributed by atoms with Crippen LogP contribution < -0.4 is 9.64 Å². The number of carbonyl (C=O) groups excluding carboxylic acids is 2. The number of phenols is 1. The molecule has 32 heavy (non-hydrogen) atoms. The van der Waals surface area contributed by atoms with E-state index >= 15 is 0 Å². The number of carbonyl (C=O) groups is 2. The Morgan fingerprint density at radius 2 is 1.84 bits per heavy atom. The molecule has 4 rings (SSSR count). The molecule has 1 amide bonds. The van der Waals surface area contributed by atoms with Crippen molar-refractivity contribution in [3.63, 3.8) is 0 Å². The van der Waals surface area contributed by atoms with Gasteiger partial charge >= 0.3 is 5.91 Å². The van der Waals surface area contributed by atoms with Gasteiger partial charge in [-0.2, -0.15) is 0 Å². The summed E-state index contributed by atoms with van der Waals surface area (Å²) in [5.41, 5.74) is 1.85. The number of aromatic nitrogens is 1. The molecule has 1 aliphatic heterocycles. The second-order valence-electron chi connectivity index (χ2n) is 7.38. The molecule has 1 aliphatic rings. The normalized spacial score (nSPS) is 17.6. The number of aryl methyl sites for hydroxylation is 1. The molecule has 1 unspecified atom stereocenters. The third-order valence-electron chi connectivity index (χ3n) is 5.26. The number of nitrogens with zero attached hydrogens (tertiary/aromatic N) is 2. The van der Waals surface area contributed by atoms with Gasteiger partial charge in [-0.1, -0.05) is 42.0 Å². The maximum Gasteiger partial charge on any atom is 0.301 e. The minimum Gasteiger partial charge on any atom is -0.507 e. The van der Waals surface area contributed by atoms with Crippen LogP contribution >= 0.6 is 0 Å². The van der Waals surface area contributed by atoms with E-state index in [1.807, 2.05) is 19.1 Å². The third kappa shape index (κ3) is 3.69. The number of anilines is 1. The Hall–Kier alpha value is -4.13. The highest BCUT2D eigenvalue weighted by atomic mass is 16.5. The first-order valence-electron chi connectivity index (χ1n) is 10.2. The summed E-state index contributed by atoms with van der Waals surface area (Å²) in [5.74, 6) is -1.47. The van der Waals surface area contributed by atoms with E-state index in [0.29, 0.717) is 17.7 Å². The lowest BCUT2D eigenvalue weighted by Gasteiger charge is -2.25. The van der Waals surface area contributed by atoms with Crippen LogP contribution in [0.1, 0.15) is 29.7 Å². The molecule has 0 aliphatic carbocycles. The Balaban J connectivity index is 1.95. The molecular formula is C25H22N2O5. The lowest BCUT2D eigenvalue weighted by Crippen LogP contribution is -2.30. The molecule has 0 spiro atoms. The molecule has 1 fully saturated rings. The monoisotopic (exact) mass is 430 g/mol. The van der Waals surface area contributed by atoms with E-state index in [1.54, 1.807) is 49.4 Å². The first-order chi connectivity index (χ1) is 15.4. The fraction of sp³-hybridized carbons (Fsp3) is 0.160. The van der Waals surface area contributed by atoms with Gasteiger partial charge in [0.25, 0.3) is 5.78 Å². The number of ketones is 1. The molecular weight excluding hydrogens is 408 g/mol. The second kappa shape index (κ2) is 8.55. The van der Waals surface area contributed by atoms with Gasteiger partial charge in [-0.15, -0.1) is 0 Å². The van der Waals surface area contributed by atoms with Crippen molar-refractivity contribution in [3.05, 3.63) is 89.1 Å². The average molecular weight is 430 g/mol. The van der Waals surface area contributed by atoms with Crippen LogP contribution in [0.3, 0.4) is 0 Å². The SMILES string of the molecule is CCOc1cc(C2/C(=C(/O)c3ccc(C)cc3)C(=O)C(=O)N2c2ccccn2)ccc1O. The van der Waals surface area contributed by atoms with Crippen LogP contribution in [0.2, 0.25) is 0 Å². The zero-order valence-corrected chi connectivity index (χ0v) is 17.6. The zero-order valence-electron chi connectivity index (χ0n) is 17.6. The van der Waals surface area contributed by atoms with E-state index in [1.165, 1.54) is 17.2 Å². The topological polar surface area (TPSA) is 100.0 Å². The molecule has 7 heteroatoms. The molecule has 162 valence electrons. The molecule has 2 N–H and O–H groups in total. The molecule has 1 aromatic heterocycles. The Morgan fingerprint density at radius 1 is 1.09 bits per heavy atom. The summed E-state index contributed by atoms with van der Waals surface area (Å²) in [7, 11) is 0. The Kier molecular flexibility index (Phi) is 5.64. The van der Waals surface area contributed by atoms with Crippen molar-refractivity contribution in [1.29, 1.82) is 0 Å². The minimum absolute atomic E-state index is 0.0577. The summed E-state index contributed by atoms with van der Waals surface area (Å²) < 4.78 is 5.49. The number of aliphatic hydroxyl groups excluding tert-OH is 1. The van der Waals surface area contributed by atoms with Crippen LogP contribution in [0.5, 0.6) is 11.5 Å². The van der Waals surface area contributed by atoms with Crippen LogP contribution in [-0.4, -0.2) is 33.5 Å². The van der Waals surface area contributed by atoms with E-state index in [0.717, 1.165) is 5.56 Å². The number of rotatable bonds is 5. The second-order valence-corrected chi connectivity index (χ2v) is 7.38. The van der Waals surface area contributed by atoms with Crippen LogP contribution in [-0.2, 0) is 9.59 Å². The zero-order chi connectivity index (χ0) is 22.8. The largest absolute Gasteiger partial charge is 0.507 e. The fourth-order valence-electron chi connectivity index (χ4n) is 3.72. The van der Waals surface area contributed by atoms with Crippen molar-refractivity contribution in [2.75, 3.05) is 11.5 Å². The van der Waals surface area contributed by atoms with Crippen molar-refractivity contribution >= 4 is 23.3 Å². The highest BCUT2D eigenvalue weighted by molar-refractivity contribution is 6.51. The summed E-state index contributed by atoms with van der Waals surface area (Å²) in [6, 6.07) is 15.7. The number of benzene rings is 2. The summed E-state index contributed by atoms with van der Waals surface area (Å²) >= 11 is 0. The minimum atomic E-state index is -0.953. The molecule has 0 bridgehead atoms. The van der Waals surface area contributed by atoms with Crippen molar-refractivity contribution < 1.29 is 24.5 Å². The third-order valence-corrected chi connectivity index (χ3v) is 5.26. The maximum absolute atomic E-state index is 13.1. The number of Topliss-reactive ketones (excluding diaryl/α,β-unsaturated/α-hetero) is 1. The van der Waals surface area contributed by atoms with Gasteiger partial charge in [0.1, 0.15) is 11.6 Å². The fourth-order valence-corrected chi connectivity index (χ4v) is 3.72. The molecule has 0 saturated carbocycles. The summed E-state index contributed by atoms with van der Waals surface area (Å²) in [4.78, 5) is 31.7. The van der Waals surface area contributed by atoms with Crippen LogP contribution in [0.25, 0.3) is 5.76 Å². The van der Waals surface area contributed by atoms with Gasteiger partial charge in [0.2, 0.25) is 0 Å². The van der Waals surface area contributed by atoms with Crippen LogP contribution in [0.4, 0.5) is 5.82 Å². The quantitative estimate of drug-likeness (QED) is 0.359. The van der Waals surface area contributed by atoms with Crippen LogP contribution in [0.15, 0.2) is 72.4 Å². The van der Waals surface area contributed by atoms with Crippen molar-refractivity contribution in [2.24, 2.45) is 0 Å². The smallest absolute Gasteiger partial charge is 0.301 e. The van der Waals surface area contributed by atoms with E-state index in [-0.39, 0.29) is 28.6 Å². The van der Waals surface area contributed by atoms with Crippen molar-refractivity contribution in [3.8, 4) is 11.5 Å². The number of hydrogen-bond acceptors (Lipinski definition) is 6. The first-order valence-corrected chi connectivity index (χ1v) is 10.2. The number of ether oxygens (including phenoxy) is 1. The highest BCUT2D eigenvalue weighted by Crippen LogP contribution is 2.43. The molecule has 2 aromatic carbocycles. The van der Waals surface area contributed by atoms with Gasteiger partial charge in [0, 0.05) is 11.8 Å². The van der Waals surface area contributed by atoms with E-state index in [4.69, 9.17) is 4.74 Å². The summed E-state index contributed by atoms with van der Waals surface area (Å²) in [5, 5.41) is 21.2. The summed E-state index contributed by atoms with van der Waals surface area (Å²) in [6.07, 6.45) is 1.52. The van der Waals surface area contributed by atoms with Gasteiger partial charge in [-0.3, -0.25) is 14.5 Å². The molecule has 0 radical (unpaired) electrons. The van der Waals surface area contributed by atoms with Crippen molar-refractivity contribution in [1.82, 2.24) is 4.98 Å². The predicted molar refractivity (Wildman–Crippen MR) is 119 cm³/mol. The van der Waals surface area contributed by atoms with Crippen molar-refractivity contribution in [2.45, 2.75) is 19.9 Å². The van der Waals surface area contributed by atoms with Gasteiger partial charge in [0.05, 0.1) is 18.2 Å². The highest BCUT2D eigenvalue weighted by Gasteiger charge is 2.47. The van der Waals surface area contributed by atoms with Crippen LogP contribution in [0, 0.1) is 6.92 Å². The van der Waals surface area contributed by atoms with Gasteiger partial charge < -0.3 is 14.9 Å². The van der Waals surface area contributed by atoms with E-state index in [9.17, 15) is 19.8 Å². The number of aromatic hydroxyl groups is 1. The Bertz CT molecular complexity index is 1200. The summed E-state index contributed by atoms with van der Waals surface area (Å²) in [6.45, 7) is 4.01. The Labute approximate surface area is 185 Å². The number of hydrogen-bond donors (Lipinski definition) is 2. The maximum atomic E-state index is 13.1. The van der Waals surface area contributed by atoms with E-state index in [2.05, 4.69) is 4.98 Å². The number of phenolic OH excluding ortho intramolecular Hbond substituents is 1. The molecule has 7 nitrogen and oxygen atoms in total. The molecule has 1 saturated heterocycles. The first kappa shape index (κ1) is 21.1. The number of pyridine rings is 1. The molecule has 2 heterocycles. The van der Waals surface area contributed by atoms with Gasteiger partial charge in [0.15, 0.2) is 11.5 Å². The predicted octanol–water partition coefficient (Wildman–Crippen LogP) is 4.12. The molecule has 3 aromatic rings. The van der Waals surface area contributed by atoms with Gasteiger partial charge in [-0.25, -0.2) is 4.98 Å². The standard InChI is InChI=1S/C25H22N2O5/c1-3-32-19-14-17(11-12-18(19)28)22-21(23(29)16-9-7-15(2)8-10-16)24(30)25(31)27(22)20-6-4-5-13-26-20/h4-14,22,28-29H,3H2,1-2H3/b23-21-. The lowest BCUT2D eigenvalue weighted by molar-refractivity contribution is -0.132.